The highest BCUT2D eigenvalue weighted by atomic mass is 16.3. The van der Waals surface area contributed by atoms with Crippen molar-refractivity contribution in [3.63, 3.8) is 0 Å². The molecule has 0 radical (unpaired) electrons. The van der Waals surface area contributed by atoms with E-state index < -0.39 is 0 Å². The third-order valence-electron chi connectivity index (χ3n) is 7.32. The molecule has 3 heteroatoms. The van der Waals surface area contributed by atoms with Crippen molar-refractivity contribution in [1.82, 2.24) is 0 Å². The van der Waals surface area contributed by atoms with Gasteiger partial charge in [-0.3, -0.25) is 4.79 Å². The minimum Gasteiger partial charge on any atom is -0.871 e. The van der Waals surface area contributed by atoms with Crippen LogP contribution in [-0.4, -0.2) is 22.6 Å². The number of hydrogen-bond acceptors (Lipinski definition) is 2. The molecule has 1 aliphatic carbocycles. The van der Waals surface area contributed by atoms with Crippen LogP contribution in [0.15, 0.2) is 120 Å². The quantitative estimate of drug-likeness (QED) is 0.186. The highest BCUT2D eigenvalue weighted by Gasteiger charge is 2.36. The van der Waals surface area contributed by atoms with Gasteiger partial charge in [-0.1, -0.05) is 90.7 Å². The summed E-state index contributed by atoms with van der Waals surface area (Å²) in [6.45, 7) is 3.77. The van der Waals surface area contributed by atoms with Gasteiger partial charge in [0.2, 0.25) is 11.4 Å². The molecule has 0 spiro atoms. The zero-order chi connectivity index (χ0) is 25.5. The molecule has 0 N–H and O–H groups in total. The number of allylic oxidation sites excluding steroid dienone is 2. The second-order valence-corrected chi connectivity index (χ2v) is 9.58. The van der Waals surface area contributed by atoms with Gasteiger partial charge in [-0.2, -0.15) is 4.58 Å². The fraction of sp³-hybridized carbons (Fsp3) is 0.118. The van der Waals surface area contributed by atoms with Gasteiger partial charge in [-0.25, -0.2) is 0 Å². The Labute approximate surface area is 217 Å². The van der Waals surface area contributed by atoms with Crippen molar-refractivity contribution in [3.05, 3.63) is 148 Å². The largest absolute Gasteiger partial charge is 0.871 e. The van der Waals surface area contributed by atoms with E-state index in [-0.39, 0.29) is 11.5 Å². The van der Waals surface area contributed by atoms with Crippen molar-refractivity contribution in [2.75, 3.05) is 6.54 Å². The summed E-state index contributed by atoms with van der Waals surface area (Å²) in [6.07, 6.45) is 0.789. The molecule has 1 heterocycles. The molecule has 0 aromatic heterocycles. The van der Waals surface area contributed by atoms with Crippen LogP contribution in [0, 0.1) is 0 Å². The van der Waals surface area contributed by atoms with Crippen LogP contribution in [0.5, 0.6) is 0 Å². The number of nitrogens with zero attached hydrogens (tertiary/aromatic N) is 1. The molecule has 0 saturated carbocycles. The highest BCUT2D eigenvalue weighted by Crippen LogP contribution is 2.47. The molecule has 0 bridgehead atoms. The molecule has 180 valence electrons. The Bertz CT molecular complexity index is 1600. The number of ketones is 1. The lowest BCUT2D eigenvalue weighted by Crippen LogP contribution is -2.34. The normalized spacial score (nSPS) is 14.5. The topological polar surface area (TPSA) is 43.1 Å². The molecule has 4 aromatic carbocycles. The molecular weight excluding hydrogens is 454 g/mol. The Hall–Kier alpha value is -4.50. The Balaban J connectivity index is 1.72. The van der Waals surface area contributed by atoms with E-state index in [9.17, 15) is 9.90 Å². The van der Waals surface area contributed by atoms with Gasteiger partial charge in [0.25, 0.3) is 0 Å². The lowest BCUT2D eigenvalue weighted by Gasteiger charge is -2.24. The van der Waals surface area contributed by atoms with E-state index in [1.54, 1.807) is 13.8 Å². The molecule has 3 nitrogen and oxygen atoms in total. The van der Waals surface area contributed by atoms with E-state index in [0.29, 0.717) is 17.8 Å². The average molecular weight is 482 g/mol. The number of fused-ring (bicyclic) bond motifs is 4. The van der Waals surface area contributed by atoms with Crippen LogP contribution in [0.2, 0.25) is 0 Å². The van der Waals surface area contributed by atoms with Crippen molar-refractivity contribution in [2.45, 2.75) is 20.3 Å². The maximum Gasteiger partial charge on any atom is 0.220 e. The fourth-order valence-electron chi connectivity index (χ4n) is 5.84. The molecule has 0 amide bonds. The van der Waals surface area contributed by atoms with Crippen molar-refractivity contribution in [1.29, 1.82) is 0 Å². The standard InChI is InChI=1S/C34H27NO2/c1-22(36)31(32-29-18-10-8-16-27(29)28-17-9-11-19-30(28)32)33(23(2)37)35-21-20-24-12-6-7-15-26(24)34(35)25-13-4-3-5-14-25/h3-19H,20-21H2,1-2H3/b33-23+. The van der Waals surface area contributed by atoms with Crippen LogP contribution in [0.4, 0.5) is 0 Å². The maximum absolute atomic E-state index is 13.6. The fourth-order valence-corrected chi connectivity index (χ4v) is 5.84. The summed E-state index contributed by atoms with van der Waals surface area (Å²) in [4.78, 5) is 13.6. The van der Waals surface area contributed by atoms with E-state index >= 15 is 0 Å². The molecule has 0 fully saturated rings. The number of rotatable bonds is 4. The Kier molecular flexibility index (Phi) is 5.69. The summed E-state index contributed by atoms with van der Waals surface area (Å²) in [6, 6.07) is 34.8. The summed E-state index contributed by atoms with van der Waals surface area (Å²) < 4.78 is 2.09. The summed E-state index contributed by atoms with van der Waals surface area (Å²) in [5, 5.41) is 13.6. The van der Waals surface area contributed by atoms with Crippen LogP contribution in [0.25, 0.3) is 16.7 Å². The molecule has 37 heavy (non-hydrogen) atoms. The van der Waals surface area contributed by atoms with Gasteiger partial charge in [-0.05, 0) is 59.9 Å². The predicted octanol–water partition coefficient (Wildman–Crippen LogP) is 5.76. The predicted molar refractivity (Wildman–Crippen MR) is 146 cm³/mol. The average Bonchev–Trinajstić information content (AvgIpc) is 3.25. The molecule has 2 aliphatic rings. The van der Waals surface area contributed by atoms with Crippen LogP contribution in [-0.2, 0) is 11.2 Å². The first-order valence-corrected chi connectivity index (χ1v) is 12.7. The number of carbonyl (C=O) groups is 1. The molecule has 0 saturated heterocycles. The van der Waals surface area contributed by atoms with Gasteiger partial charge >= 0.3 is 0 Å². The number of carbonyl (C=O) groups excluding carboxylic acids is 1. The van der Waals surface area contributed by atoms with E-state index in [1.165, 1.54) is 5.56 Å². The van der Waals surface area contributed by atoms with Crippen molar-refractivity contribution in [2.24, 2.45) is 0 Å². The van der Waals surface area contributed by atoms with Gasteiger partial charge in [0.1, 0.15) is 0 Å². The molecule has 0 unspecified atom stereocenters. The van der Waals surface area contributed by atoms with E-state index in [0.717, 1.165) is 51.1 Å². The van der Waals surface area contributed by atoms with Gasteiger partial charge in [0.05, 0.1) is 11.1 Å². The van der Waals surface area contributed by atoms with Crippen LogP contribution >= 0.6 is 0 Å². The number of Topliss-reactive ketones (excluding diaryl/α,β-unsaturated/α-hetero) is 1. The van der Waals surface area contributed by atoms with Crippen LogP contribution in [0.1, 0.15) is 41.7 Å². The monoisotopic (exact) mass is 481 g/mol. The Morgan fingerprint density at radius 2 is 1.19 bits per heavy atom. The SMILES string of the molecule is CC(=O)C(=C1c2ccccc2-c2ccccc21)/C(=C(/C)[O-])[N+]1=C(c2ccccc2)c2ccccc2CC1. The maximum atomic E-state index is 13.6. The summed E-state index contributed by atoms with van der Waals surface area (Å²) in [7, 11) is 0. The first-order chi connectivity index (χ1) is 18.1. The first-order valence-electron chi connectivity index (χ1n) is 12.7. The number of hydrogen-bond donors (Lipinski definition) is 0. The smallest absolute Gasteiger partial charge is 0.220 e. The van der Waals surface area contributed by atoms with Crippen molar-refractivity contribution in [3.8, 4) is 11.1 Å². The second-order valence-electron chi connectivity index (χ2n) is 9.58. The highest BCUT2D eigenvalue weighted by molar-refractivity contribution is 6.15. The zero-order valence-electron chi connectivity index (χ0n) is 21.0. The lowest BCUT2D eigenvalue weighted by atomic mass is 9.89. The molecule has 0 atom stereocenters. The number of benzene rings is 4. The summed E-state index contributed by atoms with van der Waals surface area (Å²) >= 11 is 0. The second kappa shape index (κ2) is 9.18. The lowest BCUT2D eigenvalue weighted by molar-refractivity contribution is -0.484. The molecule has 1 aliphatic heterocycles. The van der Waals surface area contributed by atoms with E-state index in [4.69, 9.17) is 0 Å². The molecule has 4 aromatic rings. The van der Waals surface area contributed by atoms with Crippen LogP contribution < -0.4 is 5.11 Å². The van der Waals surface area contributed by atoms with E-state index in [1.807, 2.05) is 48.5 Å². The van der Waals surface area contributed by atoms with Gasteiger partial charge in [0.15, 0.2) is 12.3 Å². The third kappa shape index (κ3) is 3.75. The minimum atomic E-state index is -0.118. The Morgan fingerprint density at radius 1 is 0.676 bits per heavy atom. The van der Waals surface area contributed by atoms with Gasteiger partial charge < -0.3 is 5.11 Å². The summed E-state index contributed by atoms with van der Waals surface area (Å²) in [5.41, 5.74) is 10.3. The van der Waals surface area contributed by atoms with Crippen molar-refractivity contribution < 1.29 is 14.5 Å². The Morgan fingerprint density at radius 3 is 1.76 bits per heavy atom. The third-order valence-corrected chi connectivity index (χ3v) is 7.32. The van der Waals surface area contributed by atoms with Gasteiger partial charge in [0, 0.05) is 17.6 Å². The van der Waals surface area contributed by atoms with Gasteiger partial charge in [-0.15, -0.1) is 0 Å². The van der Waals surface area contributed by atoms with Crippen molar-refractivity contribution >= 4 is 17.1 Å². The van der Waals surface area contributed by atoms with Crippen LogP contribution in [0.3, 0.4) is 0 Å². The molecule has 6 rings (SSSR count). The minimum absolute atomic E-state index is 0.113. The zero-order valence-corrected chi connectivity index (χ0v) is 21.0. The first kappa shape index (κ1) is 22.9. The van der Waals surface area contributed by atoms with E-state index in [2.05, 4.69) is 59.2 Å². The summed E-state index contributed by atoms with van der Waals surface area (Å²) in [5.74, 6) is -0.231. The molecular formula is C34H27NO2.